The van der Waals surface area contributed by atoms with Crippen LogP contribution in [0.1, 0.15) is 39.2 Å². The Balaban J connectivity index is 1.47. The first kappa shape index (κ1) is 17.7. The lowest BCUT2D eigenvalue weighted by molar-refractivity contribution is -0.0551. The van der Waals surface area contributed by atoms with Crippen molar-refractivity contribution in [3.8, 4) is 0 Å². The standard InChI is InChI=1S/C19H27BrN2O2/c1-18(2,3)24-17(23)22-10-8-19(9-11-22)13-21(14-19)12-15-6-4-5-7-16(15)20/h4-7H,8-14H2,1-3H3. The van der Waals surface area contributed by atoms with Crippen molar-refractivity contribution in [2.75, 3.05) is 26.2 Å². The molecule has 5 heteroatoms. The van der Waals surface area contributed by atoms with Crippen molar-refractivity contribution in [3.63, 3.8) is 0 Å². The molecule has 1 aromatic carbocycles. The molecule has 2 saturated heterocycles. The maximum absolute atomic E-state index is 12.2. The number of hydrogen-bond acceptors (Lipinski definition) is 3. The van der Waals surface area contributed by atoms with E-state index in [1.807, 2.05) is 25.7 Å². The minimum Gasteiger partial charge on any atom is -0.444 e. The predicted octanol–water partition coefficient (Wildman–Crippen LogP) is 4.28. The number of halogens is 1. The van der Waals surface area contributed by atoms with Crippen LogP contribution in [0.4, 0.5) is 4.79 Å². The lowest BCUT2D eigenvalue weighted by Gasteiger charge is -2.54. The smallest absolute Gasteiger partial charge is 0.410 e. The maximum Gasteiger partial charge on any atom is 0.410 e. The normalized spacial score (nSPS) is 20.8. The fraction of sp³-hybridized carbons (Fsp3) is 0.632. The van der Waals surface area contributed by atoms with Gasteiger partial charge in [0.2, 0.25) is 0 Å². The molecule has 2 fully saturated rings. The zero-order chi connectivity index (χ0) is 17.4. The van der Waals surface area contributed by atoms with E-state index in [1.165, 1.54) is 10.0 Å². The quantitative estimate of drug-likeness (QED) is 0.749. The number of nitrogens with zero attached hydrogens (tertiary/aromatic N) is 2. The summed E-state index contributed by atoms with van der Waals surface area (Å²) in [6, 6.07) is 8.43. The molecule has 1 amide bonds. The van der Waals surface area contributed by atoms with E-state index in [4.69, 9.17) is 4.74 Å². The molecule has 0 saturated carbocycles. The van der Waals surface area contributed by atoms with E-state index >= 15 is 0 Å². The van der Waals surface area contributed by atoms with Gasteiger partial charge in [-0.1, -0.05) is 34.1 Å². The lowest BCUT2D eigenvalue weighted by Crippen LogP contribution is -2.60. The summed E-state index contributed by atoms with van der Waals surface area (Å²) in [5.41, 5.74) is 1.33. The number of piperidine rings is 1. The third-order valence-corrected chi connectivity index (χ3v) is 5.72. The van der Waals surface area contributed by atoms with Gasteiger partial charge in [-0.05, 0) is 50.7 Å². The van der Waals surface area contributed by atoms with Crippen LogP contribution in [0.3, 0.4) is 0 Å². The molecule has 0 bridgehead atoms. The molecule has 132 valence electrons. The molecule has 2 aliphatic rings. The number of hydrogen-bond donors (Lipinski definition) is 0. The van der Waals surface area contributed by atoms with Crippen molar-refractivity contribution in [1.29, 1.82) is 0 Å². The molecule has 0 aliphatic carbocycles. The number of ether oxygens (including phenoxy) is 1. The minimum atomic E-state index is -0.414. The highest BCUT2D eigenvalue weighted by Crippen LogP contribution is 2.41. The van der Waals surface area contributed by atoms with Gasteiger partial charge in [0.25, 0.3) is 0 Å². The van der Waals surface area contributed by atoms with E-state index in [0.29, 0.717) is 5.41 Å². The van der Waals surface area contributed by atoms with Gasteiger partial charge in [0.15, 0.2) is 0 Å². The van der Waals surface area contributed by atoms with Gasteiger partial charge in [0.05, 0.1) is 0 Å². The molecule has 2 heterocycles. The highest BCUT2D eigenvalue weighted by Gasteiger charge is 2.45. The van der Waals surface area contributed by atoms with Gasteiger partial charge < -0.3 is 9.64 Å². The largest absolute Gasteiger partial charge is 0.444 e. The van der Waals surface area contributed by atoms with Crippen molar-refractivity contribution in [1.82, 2.24) is 9.80 Å². The Hall–Kier alpha value is -1.07. The van der Waals surface area contributed by atoms with Crippen molar-refractivity contribution in [2.24, 2.45) is 5.41 Å². The summed E-state index contributed by atoms with van der Waals surface area (Å²) in [6.45, 7) is 10.7. The Morgan fingerprint density at radius 1 is 1.21 bits per heavy atom. The number of rotatable bonds is 2. The molecule has 1 spiro atoms. The van der Waals surface area contributed by atoms with E-state index in [2.05, 4.69) is 45.1 Å². The van der Waals surface area contributed by atoms with Crippen LogP contribution in [0.25, 0.3) is 0 Å². The van der Waals surface area contributed by atoms with Crippen molar-refractivity contribution >= 4 is 22.0 Å². The predicted molar refractivity (Wildman–Crippen MR) is 98.9 cm³/mol. The Bertz CT molecular complexity index is 596. The molecular weight excluding hydrogens is 368 g/mol. The van der Waals surface area contributed by atoms with Crippen LogP contribution in [0.2, 0.25) is 0 Å². The van der Waals surface area contributed by atoms with Gasteiger partial charge in [-0.3, -0.25) is 4.90 Å². The Morgan fingerprint density at radius 2 is 1.83 bits per heavy atom. The molecule has 4 nitrogen and oxygen atoms in total. The summed E-state index contributed by atoms with van der Waals surface area (Å²) in [5, 5.41) is 0. The van der Waals surface area contributed by atoms with E-state index in [1.54, 1.807) is 0 Å². The molecule has 0 atom stereocenters. The second-order valence-corrected chi connectivity index (χ2v) is 9.06. The van der Waals surface area contributed by atoms with Crippen LogP contribution in [-0.2, 0) is 11.3 Å². The SMILES string of the molecule is CC(C)(C)OC(=O)N1CCC2(CC1)CN(Cc1ccccc1Br)C2. The third-order valence-electron chi connectivity index (χ3n) is 4.95. The molecular formula is C19H27BrN2O2. The first-order valence-electron chi connectivity index (χ1n) is 8.70. The Morgan fingerprint density at radius 3 is 2.42 bits per heavy atom. The van der Waals surface area contributed by atoms with Crippen molar-refractivity contribution < 1.29 is 9.53 Å². The van der Waals surface area contributed by atoms with Crippen LogP contribution >= 0.6 is 15.9 Å². The topological polar surface area (TPSA) is 32.8 Å². The number of likely N-dealkylation sites (tertiary alicyclic amines) is 2. The van der Waals surface area contributed by atoms with Gasteiger partial charge in [0, 0.05) is 37.2 Å². The molecule has 0 unspecified atom stereocenters. The summed E-state index contributed by atoms with van der Waals surface area (Å²) in [7, 11) is 0. The third kappa shape index (κ3) is 4.12. The highest BCUT2D eigenvalue weighted by atomic mass is 79.9. The van der Waals surface area contributed by atoms with Crippen molar-refractivity contribution in [3.05, 3.63) is 34.3 Å². The molecule has 24 heavy (non-hydrogen) atoms. The highest BCUT2D eigenvalue weighted by molar-refractivity contribution is 9.10. The first-order chi connectivity index (χ1) is 11.3. The molecule has 3 rings (SSSR count). The van der Waals surface area contributed by atoms with Crippen LogP contribution in [0.5, 0.6) is 0 Å². The summed E-state index contributed by atoms with van der Waals surface area (Å²) >= 11 is 3.63. The van der Waals surface area contributed by atoms with E-state index in [0.717, 1.165) is 45.6 Å². The second kappa shape index (κ2) is 6.68. The maximum atomic E-state index is 12.2. The average molecular weight is 395 g/mol. The first-order valence-corrected chi connectivity index (χ1v) is 9.49. The average Bonchev–Trinajstić information content (AvgIpc) is 2.47. The number of amides is 1. The second-order valence-electron chi connectivity index (χ2n) is 8.20. The zero-order valence-corrected chi connectivity index (χ0v) is 16.4. The lowest BCUT2D eigenvalue weighted by atomic mass is 9.72. The molecule has 0 aromatic heterocycles. The number of benzene rings is 1. The molecule has 2 aliphatic heterocycles. The Labute approximate surface area is 153 Å². The summed E-state index contributed by atoms with van der Waals surface area (Å²) < 4.78 is 6.67. The molecule has 1 aromatic rings. The molecule has 0 radical (unpaired) electrons. The van der Waals surface area contributed by atoms with Crippen molar-refractivity contribution in [2.45, 2.75) is 45.8 Å². The monoisotopic (exact) mass is 394 g/mol. The summed E-state index contributed by atoms with van der Waals surface area (Å²) in [6.07, 6.45) is 2.00. The van der Waals surface area contributed by atoms with E-state index in [9.17, 15) is 4.79 Å². The van der Waals surface area contributed by atoms with Crippen LogP contribution < -0.4 is 0 Å². The van der Waals surface area contributed by atoms with Crippen LogP contribution in [0.15, 0.2) is 28.7 Å². The summed E-state index contributed by atoms with van der Waals surface area (Å²) in [4.78, 5) is 16.5. The fourth-order valence-corrected chi connectivity index (χ4v) is 4.10. The Kier molecular flexibility index (Phi) is 4.94. The van der Waals surface area contributed by atoms with Gasteiger partial charge in [-0.15, -0.1) is 0 Å². The van der Waals surface area contributed by atoms with Gasteiger partial charge >= 0.3 is 6.09 Å². The van der Waals surface area contributed by atoms with Crippen LogP contribution in [-0.4, -0.2) is 47.7 Å². The molecule has 0 N–H and O–H groups in total. The van der Waals surface area contributed by atoms with Gasteiger partial charge in [-0.25, -0.2) is 4.79 Å². The number of carbonyl (C=O) groups is 1. The zero-order valence-electron chi connectivity index (χ0n) is 14.8. The van der Waals surface area contributed by atoms with Gasteiger partial charge in [0.1, 0.15) is 5.60 Å². The van der Waals surface area contributed by atoms with E-state index < -0.39 is 5.60 Å². The van der Waals surface area contributed by atoms with Gasteiger partial charge in [-0.2, -0.15) is 0 Å². The van der Waals surface area contributed by atoms with Crippen LogP contribution in [0, 0.1) is 5.41 Å². The summed E-state index contributed by atoms with van der Waals surface area (Å²) in [5.74, 6) is 0. The van der Waals surface area contributed by atoms with E-state index in [-0.39, 0.29) is 6.09 Å². The minimum absolute atomic E-state index is 0.165. The number of carbonyl (C=O) groups excluding carboxylic acids is 1. The fourth-order valence-electron chi connectivity index (χ4n) is 3.69.